The standard InChI is InChI=1S/C22H28N2O2/c1-14-8-10-18-17(7-5-6-12-23)22(24-21(18)15(14)2)19-11-9-16(25-3)13-20(19)26-4/h8-11,13,24H,5-7,12,23H2,1-4H3. The molecule has 3 rings (SSSR count). The number of ether oxygens (including phenoxy) is 2. The highest BCUT2D eigenvalue weighted by Crippen LogP contribution is 2.39. The zero-order chi connectivity index (χ0) is 18.7. The van der Waals surface area contributed by atoms with Crippen LogP contribution in [0.2, 0.25) is 0 Å². The van der Waals surface area contributed by atoms with Gasteiger partial charge in [-0.25, -0.2) is 0 Å². The predicted octanol–water partition coefficient (Wildman–Crippen LogP) is 4.75. The Morgan fingerprint density at radius 3 is 2.50 bits per heavy atom. The van der Waals surface area contributed by atoms with Crippen molar-refractivity contribution in [3.05, 3.63) is 47.0 Å². The molecule has 1 aromatic heterocycles. The first-order chi connectivity index (χ1) is 12.6. The molecule has 4 nitrogen and oxygen atoms in total. The van der Waals surface area contributed by atoms with E-state index in [9.17, 15) is 0 Å². The first kappa shape index (κ1) is 18.3. The third kappa shape index (κ3) is 3.29. The van der Waals surface area contributed by atoms with Crippen molar-refractivity contribution in [2.24, 2.45) is 5.73 Å². The number of hydrogen-bond acceptors (Lipinski definition) is 3. The van der Waals surface area contributed by atoms with E-state index in [2.05, 4.69) is 37.0 Å². The SMILES string of the molecule is COc1ccc(-c2[nH]c3c(C)c(C)ccc3c2CCCCN)c(OC)c1. The third-order valence-electron chi connectivity index (χ3n) is 5.17. The van der Waals surface area contributed by atoms with Gasteiger partial charge >= 0.3 is 0 Å². The van der Waals surface area contributed by atoms with Crippen LogP contribution in [-0.4, -0.2) is 25.7 Å². The summed E-state index contributed by atoms with van der Waals surface area (Å²) < 4.78 is 11.0. The Labute approximate surface area is 155 Å². The number of unbranched alkanes of at least 4 members (excludes halogenated alkanes) is 1. The summed E-state index contributed by atoms with van der Waals surface area (Å²) in [5.74, 6) is 1.60. The third-order valence-corrected chi connectivity index (χ3v) is 5.17. The fourth-order valence-corrected chi connectivity index (χ4v) is 3.50. The molecule has 0 aliphatic rings. The minimum Gasteiger partial charge on any atom is -0.497 e. The molecule has 0 saturated heterocycles. The fraction of sp³-hybridized carbons (Fsp3) is 0.364. The van der Waals surface area contributed by atoms with Gasteiger partial charge in [0.05, 0.1) is 19.9 Å². The van der Waals surface area contributed by atoms with Gasteiger partial charge in [-0.15, -0.1) is 0 Å². The minimum absolute atomic E-state index is 0.724. The molecule has 0 spiro atoms. The normalized spacial score (nSPS) is 11.1. The molecule has 138 valence electrons. The molecule has 0 amide bonds. The maximum atomic E-state index is 5.71. The summed E-state index contributed by atoms with van der Waals surface area (Å²) >= 11 is 0. The van der Waals surface area contributed by atoms with Crippen LogP contribution in [0.3, 0.4) is 0 Å². The number of hydrogen-bond donors (Lipinski definition) is 2. The Morgan fingerprint density at radius 1 is 1.00 bits per heavy atom. The second-order valence-electron chi connectivity index (χ2n) is 6.72. The molecule has 3 N–H and O–H groups in total. The Hall–Kier alpha value is -2.46. The molecule has 0 bridgehead atoms. The zero-order valence-corrected chi connectivity index (χ0v) is 16.1. The van der Waals surface area contributed by atoms with Gasteiger partial charge in [0.1, 0.15) is 11.5 Å². The van der Waals surface area contributed by atoms with E-state index in [0.29, 0.717) is 0 Å². The van der Waals surface area contributed by atoms with Crippen molar-refractivity contribution in [1.29, 1.82) is 0 Å². The molecule has 0 atom stereocenters. The molecule has 0 radical (unpaired) electrons. The average Bonchev–Trinajstić information content (AvgIpc) is 3.03. The van der Waals surface area contributed by atoms with E-state index in [1.165, 1.54) is 27.6 Å². The second kappa shape index (κ2) is 7.83. The van der Waals surface area contributed by atoms with E-state index in [4.69, 9.17) is 15.2 Å². The van der Waals surface area contributed by atoms with Gasteiger partial charge in [0.2, 0.25) is 0 Å². The Bertz CT molecular complexity index is 912. The second-order valence-corrected chi connectivity index (χ2v) is 6.72. The monoisotopic (exact) mass is 352 g/mol. The minimum atomic E-state index is 0.724. The topological polar surface area (TPSA) is 60.3 Å². The van der Waals surface area contributed by atoms with Gasteiger partial charge < -0.3 is 20.2 Å². The summed E-state index contributed by atoms with van der Waals surface area (Å²) in [4.78, 5) is 3.68. The van der Waals surface area contributed by atoms with Crippen LogP contribution >= 0.6 is 0 Å². The molecule has 0 saturated carbocycles. The van der Waals surface area contributed by atoms with E-state index in [-0.39, 0.29) is 0 Å². The van der Waals surface area contributed by atoms with Crippen molar-refractivity contribution < 1.29 is 9.47 Å². The molecule has 4 heteroatoms. The number of rotatable bonds is 7. The highest BCUT2D eigenvalue weighted by atomic mass is 16.5. The molecule has 0 aliphatic carbocycles. The molecular formula is C22H28N2O2. The lowest BCUT2D eigenvalue weighted by atomic mass is 9.98. The number of H-pyrrole nitrogens is 1. The molecule has 3 aromatic rings. The van der Waals surface area contributed by atoms with Crippen LogP contribution in [0.4, 0.5) is 0 Å². The summed E-state index contributed by atoms with van der Waals surface area (Å²) in [5, 5.41) is 1.29. The number of fused-ring (bicyclic) bond motifs is 1. The number of methoxy groups -OCH3 is 2. The number of aromatic amines is 1. The fourth-order valence-electron chi connectivity index (χ4n) is 3.50. The molecule has 0 fully saturated rings. The van der Waals surface area contributed by atoms with Crippen molar-refractivity contribution >= 4 is 10.9 Å². The van der Waals surface area contributed by atoms with E-state index < -0.39 is 0 Å². The predicted molar refractivity (Wildman–Crippen MR) is 108 cm³/mol. The van der Waals surface area contributed by atoms with E-state index in [0.717, 1.165) is 48.6 Å². The lowest BCUT2D eigenvalue weighted by Crippen LogP contribution is -1.99. The number of benzene rings is 2. The molecule has 2 aromatic carbocycles. The molecule has 0 unspecified atom stereocenters. The van der Waals surface area contributed by atoms with Gasteiger partial charge in [-0.05, 0) is 68.5 Å². The van der Waals surface area contributed by atoms with Crippen molar-refractivity contribution in [2.75, 3.05) is 20.8 Å². The summed E-state index contributed by atoms with van der Waals surface area (Å²) in [6.07, 6.45) is 3.09. The highest BCUT2D eigenvalue weighted by Gasteiger charge is 2.18. The quantitative estimate of drug-likeness (QED) is 0.603. The van der Waals surface area contributed by atoms with Crippen molar-refractivity contribution in [3.63, 3.8) is 0 Å². The van der Waals surface area contributed by atoms with Gasteiger partial charge in [-0.1, -0.05) is 12.1 Å². The number of aryl methyl sites for hydroxylation is 3. The van der Waals surface area contributed by atoms with E-state index >= 15 is 0 Å². The summed E-state index contributed by atoms with van der Waals surface area (Å²) in [7, 11) is 3.37. The maximum absolute atomic E-state index is 5.71. The van der Waals surface area contributed by atoms with Gasteiger partial charge in [-0.2, -0.15) is 0 Å². The Balaban J connectivity index is 2.21. The largest absolute Gasteiger partial charge is 0.497 e. The molecule has 26 heavy (non-hydrogen) atoms. The van der Waals surface area contributed by atoms with Crippen LogP contribution in [0, 0.1) is 13.8 Å². The summed E-state index contributed by atoms with van der Waals surface area (Å²) in [6.45, 7) is 5.05. The van der Waals surface area contributed by atoms with Crippen molar-refractivity contribution in [1.82, 2.24) is 4.98 Å². The molecular weight excluding hydrogens is 324 g/mol. The first-order valence-corrected chi connectivity index (χ1v) is 9.14. The number of nitrogens with one attached hydrogen (secondary N) is 1. The van der Waals surface area contributed by atoms with Crippen LogP contribution in [0.15, 0.2) is 30.3 Å². The van der Waals surface area contributed by atoms with Crippen LogP contribution in [0.5, 0.6) is 11.5 Å². The van der Waals surface area contributed by atoms with Crippen LogP contribution in [-0.2, 0) is 6.42 Å². The van der Waals surface area contributed by atoms with Gasteiger partial charge in [0.25, 0.3) is 0 Å². The maximum Gasteiger partial charge on any atom is 0.131 e. The van der Waals surface area contributed by atoms with Crippen LogP contribution in [0.25, 0.3) is 22.2 Å². The average molecular weight is 352 g/mol. The number of nitrogens with two attached hydrogens (primary N) is 1. The van der Waals surface area contributed by atoms with Gasteiger partial charge in [0.15, 0.2) is 0 Å². The van der Waals surface area contributed by atoms with Crippen LogP contribution in [0.1, 0.15) is 29.5 Å². The smallest absolute Gasteiger partial charge is 0.131 e. The van der Waals surface area contributed by atoms with Gasteiger partial charge in [-0.3, -0.25) is 0 Å². The summed E-state index contributed by atoms with van der Waals surface area (Å²) in [5.41, 5.74) is 13.0. The lowest BCUT2D eigenvalue weighted by Gasteiger charge is -2.11. The summed E-state index contributed by atoms with van der Waals surface area (Å²) in [6, 6.07) is 10.4. The molecule has 1 heterocycles. The Morgan fingerprint density at radius 2 is 1.81 bits per heavy atom. The van der Waals surface area contributed by atoms with Crippen molar-refractivity contribution in [3.8, 4) is 22.8 Å². The first-order valence-electron chi connectivity index (χ1n) is 9.14. The lowest BCUT2D eigenvalue weighted by molar-refractivity contribution is 0.395. The highest BCUT2D eigenvalue weighted by molar-refractivity contribution is 5.94. The van der Waals surface area contributed by atoms with E-state index in [1.54, 1.807) is 14.2 Å². The van der Waals surface area contributed by atoms with Crippen LogP contribution < -0.4 is 15.2 Å². The number of aromatic nitrogens is 1. The molecule has 0 aliphatic heterocycles. The van der Waals surface area contributed by atoms with E-state index in [1.807, 2.05) is 12.1 Å². The zero-order valence-electron chi connectivity index (χ0n) is 16.1. The Kier molecular flexibility index (Phi) is 5.52. The van der Waals surface area contributed by atoms with Crippen molar-refractivity contribution in [2.45, 2.75) is 33.1 Å². The van der Waals surface area contributed by atoms with Gasteiger partial charge in [0, 0.05) is 22.5 Å².